The standard InChI is InChI=1S/C23H23NO2/c1-2-26-22-14-10-19(11-15-22)17-24-23(25)16-18-8-12-21(13-9-18)20-6-4-3-5-7-20/h3-15H,2,16-17H2,1H3,(H,24,25). The van der Waals surface area contributed by atoms with E-state index in [1.165, 1.54) is 5.56 Å². The number of rotatable bonds is 7. The lowest BCUT2D eigenvalue weighted by molar-refractivity contribution is -0.120. The second-order valence-electron chi connectivity index (χ2n) is 6.09. The molecule has 1 amide bonds. The Morgan fingerprint density at radius 3 is 2.08 bits per heavy atom. The fourth-order valence-electron chi connectivity index (χ4n) is 2.76. The highest BCUT2D eigenvalue weighted by molar-refractivity contribution is 5.78. The van der Waals surface area contributed by atoms with Gasteiger partial charge in [0.2, 0.25) is 5.91 Å². The van der Waals surface area contributed by atoms with Crippen LogP contribution in [0.3, 0.4) is 0 Å². The zero-order chi connectivity index (χ0) is 18.2. The molecule has 0 saturated heterocycles. The fourth-order valence-corrected chi connectivity index (χ4v) is 2.76. The minimum atomic E-state index is 0.0198. The minimum Gasteiger partial charge on any atom is -0.494 e. The largest absolute Gasteiger partial charge is 0.494 e. The molecule has 132 valence electrons. The number of ether oxygens (including phenoxy) is 1. The van der Waals surface area contributed by atoms with E-state index in [0.29, 0.717) is 19.6 Å². The molecule has 0 fully saturated rings. The molecule has 0 spiro atoms. The SMILES string of the molecule is CCOc1ccc(CNC(=O)Cc2ccc(-c3ccccc3)cc2)cc1. The van der Waals surface area contributed by atoms with Gasteiger partial charge in [0.1, 0.15) is 5.75 Å². The van der Waals surface area contributed by atoms with Crippen molar-refractivity contribution in [1.82, 2.24) is 5.32 Å². The third-order valence-corrected chi connectivity index (χ3v) is 4.15. The summed E-state index contributed by atoms with van der Waals surface area (Å²) in [6.45, 7) is 3.13. The lowest BCUT2D eigenvalue weighted by Gasteiger charge is -2.08. The number of nitrogens with one attached hydrogen (secondary N) is 1. The maximum Gasteiger partial charge on any atom is 0.224 e. The summed E-state index contributed by atoms with van der Waals surface area (Å²) < 4.78 is 5.42. The summed E-state index contributed by atoms with van der Waals surface area (Å²) in [5, 5.41) is 2.97. The van der Waals surface area contributed by atoms with Gasteiger partial charge >= 0.3 is 0 Å². The van der Waals surface area contributed by atoms with E-state index in [1.54, 1.807) is 0 Å². The monoisotopic (exact) mass is 345 g/mol. The Kier molecular flexibility index (Phi) is 6.05. The normalized spacial score (nSPS) is 10.3. The highest BCUT2D eigenvalue weighted by atomic mass is 16.5. The van der Waals surface area contributed by atoms with Crippen molar-refractivity contribution >= 4 is 5.91 Å². The molecular weight excluding hydrogens is 322 g/mol. The topological polar surface area (TPSA) is 38.3 Å². The second-order valence-corrected chi connectivity index (χ2v) is 6.09. The van der Waals surface area contributed by atoms with E-state index in [2.05, 4.69) is 29.6 Å². The molecule has 0 radical (unpaired) electrons. The Hall–Kier alpha value is -3.07. The van der Waals surface area contributed by atoms with Gasteiger partial charge in [-0.25, -0.2) is 0 Å². The Bertz CT molecular complexity index is 824. The van der Waals surface area contributed by atoms with Crippen LogP contribution >= 0.6 is 0 Å². The van der Waals surface area contributed by atoms with Crippen molar-refractivity contribution in [1.29, 1.82) is 0 Å². The van der Waals surface area contributed by atoms with Gasteiger partial charge in [-0.15, -0.1) is 0 Å². The molecule has 3 rings (SSSR count). The maximum atomic E-state index is 12.2. The Labute approximate surface area is 154 Å². The first-order valence-corrected chi connectivity index (χ1v) is 8.87. The number of carbonyl (C=O) groups is 1. The highest BCUT2D eigenvalue weighted by Crippen LogP contribution is 2.19. The molecule has 3 heteroatoms. The summed E-state index contributed by atoms with van der Waals surface area (Å²) in [5.41, 5.74) is 4.40. The molecule has 0 aliphatic carbocycles. The lowest BCUT2D eigenvalue weighted by Crippen LogP contribution is -2.24. The van der Waals surface area contributed by atoms with Crippen LogP contribution in [0.2, 0.25) is 0 Å². The van der Waals surface area contributed by atoms with Crippen LogP contribution in [0.25, 0.3) is 11.1 Å². The molecule has 0 heterocycles. The maximum absolute atomic E-state index is 12.2. The number of hydrogen-bond acceptors (Lipinski definition) is 2. The lowest BCUT2D eigenvalue weighted by atomic mass is 10.0. The van der Waals surface area contributed by atoms with Gasteiger partial charge in [0.05, 0.1) is 13.0 Å². The van der Waals surface area contributed by atoms with Gasteiger partial charge in [-0.1, -0.05) is 66.7 Å². The summed E-state index contributed by atoms with van der Waals surface area (Å²) in [5.74, 6) is 0.868. The summed E-state index contributed by atoms with van der Waals surface area (Å²) in [6.07, 6.45) is 0.381. The third-order valence-electron chi connectivity index (χ3n) is 4.15. The number of amides is 1. The molecule has 0 aliphatic heterocycles. The van der Waals surface area contributed by atoms with Crippen LogP contribution in [0.5, 0.6) is 5.75 Å². The third kappa shape index (κ3) is 4.96. The van der Waals surface area contributed by atoms with E-state index >= 15 is 0 Å². The average molecular weight is 345 g/mol. The van der Waals surface area contributed by atoms with Crippen molar-refractivity contribution in [3.05, 3.63) is 90.0 Å². The molecule has 0 aliphatic rings. The quantitative estimate of drug-likeness (QED) is 0.679. The molecule has 3 nitrogen and oxygen atoms in total. The van der Waals surface area contributed by atoms with Crippen LogP contribution in [0.15, 0.2) is 78.9 Å². The van der Waals surface area contributed by atoms with Crippen molar-refractivity contribution in [2.24, 2.45) is 0 Å². The van der Waals surface area contributed by atoms with Crippen molar-refractivity contribution in [3.63, 3.8) is 0 Å². The van der Waals surface area contributed by atoms with Gasteiger partial charge < -0.3 is 10.1 Å². The molecule has 3 aromatic carbocycles. The van der Waals surface area contributed by atoms with Crippen LogP contribution < -0.4 is 10.1 Å². The van der Waals surface area contributed by atoms with Crippen LogP contribution in [0.4, 0.5) is 0 Å². The summed E-state index contributed by atoms with van der Waals surface area (Å²) in [4.78, 5) is 12.2. The first-order chi connectivity index (χ1) is 12.7. The second kappa shape index (κ2) is 8.86. The van der Waals surface area contributed by atoms with Gasteiger partial charge in [0.25, 0.3) is 0 Å². The van der Waals surface area contributed by atoms with Gasteiger partial charge in [0, 0.05) is 6.54 Å². The van der Waals surface area contributed by atoms with Crippen LogP contribution in [-0.4, -0.2) is 12.5 Å². The predicted octanol–water partition coefficient (Wildman–Crippen LogP) is 4.61. The molecule has 0 saturated carbocycles. The first kappa shape index (κ1) is 17.7. The molecule has 26 heavy (non-hydrogen) atoms. The molecular formula is C23H23NO2. The number of hydrogen-bond donors (Lipinski definition) is 1. The van der Waals surface area contributed by atoms with Crippen LogP contribution in [0, 0.1) is 0 Å². The zero-order valence-corrected chi connectivity index (χ0v) is 14.9. The van der Waals surface area contributed by atoms with E-state index in [0.717, 1.165) is 22.4 Å². The fraction of sp³-hybridized carbons (Fsp3) is 0.174. The molecule has 0 atom stereocenters. The summed E-state index contributed by atoms with van der Waals surface area (Å²) >= 11 is 0. The first-order valence-electron chi connectivity index (χ1n) is 8.87. The minimum absolute atomic E-state index is 0.0198. The Morgan fingerprint density at radius 2 is 1.42 bits per heavy atom. The number of carbonyl (C=O) groups excluding carboxylic acids is 1. The molecule has 1 N–H and O–H groups in total. The van der Waals surface area contributed by atoms with E-state index in [9.17, 15) is 4.79 Å². The zero-order valence-electron chi connectivity index (χ0n) is 14.9. The van der Waals surface area contributed by atoms with Gasteiger partial charge in [-0.3, -0.25) is 4.79 Å². The van der Waals surface area contributed by atoms with Crippen LogP contribution in [0.1, 0.15) is 18.1 Å². The summed E-state index contributed by atoms with van der Waals surface area (Å²) in [7, 11) is 0. The van der Waals surface area contributed by atoms with Crippen molar-refractivity contribution in [3.8, 4) is 16.9 Å². The van der Waals surface area contributed by atoms with E-state index in [1.807, 2.05) is 61.5 Å². The number of benzene rings is 3. The van der Waals surface area contributed by atoms with E-state index < -0.39 is 0 Å². The van der Waals surface area contributed by atoms with E-state index in [4.69, 9.17) is 4.74 Å². The predicted molar refractivity (Wildman–Crippen MR) is 105 cm³/mol. The average Bonchev–Trinajstić information content (AvgIpc) is 2.69. The molecule has 0 unspecified atom stereocenters. The van der Waals surface area contributed by atoms with Crippen LogP contribution in [-0.2, 0) is 17.8 Å². The Balaban J connectivity index is 1.51. The Morgan fingerprint density at radius 1 is 0.808 bits per heavy atom. The molecule has 0 aromatic heterocycles. The highest BCUT2D eigenvalue weighted by Gasteiger charge is 2.04. The van der Waals surface area contributed by atoms with Crippen molar-refractivity contribution < 1.29 is 9.53 Å². The van der Waals surface area contributed by atoms with Crippen molar-refractivity contribution in [2.45, 2.75) is 19.9 Å². The van der Waals surface area contributed by atoms with Gasteiger partial charge in [0.15, 0.2) is 0 Å². The summed E-state index contributed by atoms with van der Waals surface area (Å²) in [6, 6.07) is 26.2. The molecule has 0 bridgehead atoms. The van der Waals surface area contributed by atoms with Gasteiger partial charge in [-0.05, 0) is 41.3 Å². The smallest absolute Gasteiger partial charge is 0.224 e. The van der Waals surface area contributed by atoms with Crippen molar-refractivity contribution in [2.75, 3.05) is 6.61 Å². The van der Waals surface area contributed by atoms with Gasteiger partial charge in [-0.2, -0.15) is 0 Å². The van der Waals surface area contributed by atoms with E-state index in [-0.39, 0.29) is 5.91 Å². The molecule has 3 aromatic rings.